The standard InChI is InChI=1S/C13H18FNS/c1-10-3-2-6-15(8-10)9-11-7-12(14)4-5-13(11)16/h4-5,7,10,16H,2-3,6,8-9H2,1H3/t10-/m1/s1. The quantitative estimate of drug-likeness (QED) is 0.775. The number of hydrogen-bond donors (Lipinski definition) is 1. The molecule has 0 unspecified atom stereocenters. The van der Waals surface area contributed by atoms with Gasteiger partial charge in [-0.25, -0.2) is 4.39 Å². The first-order valence-electron chi connectivity index (χ1n) is 5.85. The maximum atomic E-state index is 13.1. The van der Waals surface area contributed by atoms with Crippen molar-refractivity contribution < 1.29 is 4.39 Å². The second kappa shape index (κ2) is 5.19. The van der Waals surface area contributed by atoms with Gasteiger partial charge in [0, 0.05) is 18.0 Å². The molecule has 1 aromatic carbocycles. The van der Waals surface area contributed by atoms with Crippen LogP contribution in [0.4, 0.5) is 4.39 Å². The van der Waals surface area contributed by atoms with Gasteiger partial charge in [-0.2, -0.15) is 0 Å². The third-order valence-electron chi connectivity index (χ3n) is 3.18. The average molecular weight is 239 g/mol. The highest BCUT2D eigenvalue weighted by Gasteiger charge is 2.17. The Hall–Kier alpha value is -0.540. The summed E-state index contributed by atoms with van der Waals surface area (Å²) >= 11 is 4.37. The van der Waals surface area contributed by atoms with Crippen molar-refractivity contribution in [3.63, 3.8) is 0 Å². The normalized spacial score (nSPS) is 22.3. The molecule has 0 bridgehead atoms. The van der Waals surface area contributed by atoms with Crippen LogP contribution >= 0.6 is 12.6 Å². The van der Waals surface area contributed by atoms with Crippen LogP contribution in [0.1, 0.15) is 25.3 Å². The second-order valence-electron chi connectivity index (χ2n) is 4.76. The minimum Gasteiger partial charge on any atom is -0.299 e. The molecule has 0 aliphatic carbocycles. The molecule has 0 radical (unpaired) electrons. The molecule has 0 saturated carbocycles. The Balaban J connectivity index is 2.05. The Kier molecular flexibility index (Phi) is 3.87. The van der Waals surface area contributed by atoms with Gasteiger partial charge >= 0.3 is 0 Å². The van der Waals surface area contributed by atoms with E-state index < -0.39 is 0 Å². The zero-order valence-electron chi connectivity index (χ0n) is 9.62. The number of likely N-dealkylation sites (tertiary alicyclic amines) is 1. The Morgan fingerprint density at radius 2 is 2.31 bits per heavy atom. The second-order valence-corrected chi connectivity index (χ2v) is 5.24. The molecule has 0 spiro atoms. The van der Waals surface area contributed by atoms with E-state index in [-0.39, 0.29) is 5.82 Å². The van der Waals surface area contributed by atoms with Gasteiger partial charge in [0.15, 0.2) is 0 Å². The molecule has 16 heavy (non-hydrogen) atoms. The molecular formula is C13H18FNS. The maximum absolute atomic E-state index is 13.1. The summed E-state index contributed by atoms with van der Waals surface area (Å²) in [5.74, 6) is 0.587. The van der Waals surface area contributed by atoms with Gasteiger partial charge in [-0.15, -0.1) is 12.6 Å². The van der Waals surface area contributed by atoms with E-state index in [9.17, 15) is 4.39 Å². The molecule has 1 aliphatic rings. The average Bonchev–Trinajstić information content (AvgIpc) is 2.24. The molecule has 1 heterocycles. The fourth-order valence-corrected chi connectivity index (χ4v) is 2.56. The van der Waals surface area contributed by atoms with Gasteiger partial charge in [0.05, 0.1) is 0 Å². The lowest BCUT2D eigenvalue weighted by Crippen LogP contribution is -2.33. The summed E-state index contributed by atoms with van der Waals surface area (Å²) in [5, 5.41) is 0. The van der Waals surface area contributed by atoms with Crippen LogP contribution < -0.4 is 0 Å². The van der Waals surface area contributed by atoms with Gasteiger partial charge in [0.2, 0.25) is 0 Å². The molecule has 0 N–H and O–H groups in total. The van der Waals surface area contributed by atoms with E-state index in [1.807, 2.05) is 0 Å². The monoisotopic (exact) mass is 239 g/mol. The van der Waals surface area contributed by atoms with Crippen molar-refractivity contribution >= 4 is 12.6 Å². The number of thiol groups is 1. The Labute approximate surface area is 102 Å². The van der Waals surface area contributed by atoms with Crippen LogP contribution in [0.15, 0.2) is 23.1 Å². The first kappa shape index (κ1) is 11.9. The van der Waals surface area contributed by atoms with E-state index >= 15 is 0 Å². The molecule has 0 aromatic heterocycles. The van der Waals surface area contributed by atoms with Crippen molar-refractivity contribution in [2.75, 3.05) is 13.1 Å². The molecular weight excluding hydrogens is 221 g/mol. The molecule has 1 nitrogen and oxygen atoms in total. The molecule has 2 rings (SSSR count). The third kappa shape index (κ3) is 2.98. The SMILES string of the molecule is C[C@@H]1CCCN(Cc2cc(F)ccc2S)C1. The van der Waals surface area contributed by atoms with Gasteiger partial charge in [-0.05, 0) is 49.1 Å². The number of benzene rings is 1. The van der Waals surface area contributed by atoms with Gasteiger partial charge in [-0.1, -0.05) is 6.92 Å². The van der Waals surface area contributed by atoms with Crippen molar-refractivity contribution in [2.45, 2.75) is 31.2 Å². The summed E-state index contributed by atoms with van der Waals surface area (Å²) in [6.45, 7) is 5.33. The van der Waals surface area contributed by atoms with E-state index in [0.29, 0.717) is 0 Å². The first-order chi connectivity index (χ1) is 7.65. The predicted molar refractivity (Wildman–Crippen MR) is 67.3 cm³/mol. The summed E-state index contributed by atoms with van der Waals surface area (Å²) in [6.07, 6.45) is 2.56. The van der Waals surface area contributed by atoms with Gasteiger partial charge in [-0.3, -0.25) is 4.90 Å². The zero-order valence-corrected chi connectivity index (χ0v) is 10.5. The largest absolute Gasteiger partial charge is 0.299 e. The summed E-state index contributed by atoms with van der Waals surface area (Å²) in [7, 11) is 0. The van der Waals surface area contributed by atoms with Crippen molar-refractivity contribution in [3.8, 4) is 0 Å². The van der Waals surface area contributed by atoms with E-state index in [0.717, 1.165) is 36.0 Å². The lowest BCUT2D eigenvalue weighted by Gasteiger charge is -2.31. The smallest absolute Gasteiger partial charge is 0.123 e. The molecule has 1 aromatic rings. The molecule has 0 amide bonds. The third-order valence-corrected chi connectivity index (χ3v) is 3.61. The van der Waals surface area contributed by atoms with Gasteiger partial charge in [0.25, 0.3) is 0 Å². The number of piperidine rings is 1. The topological polar surface area (TPSA) is 3.24 Å². The Morgan fingerprint density at radius 1 is 1.50 bits per heavy atom. The summed E-state index contributed by atoms with van der Waals surface area (Å²) in [6, 6.07) is 4.80. The fourth-order valence-electron chi connectivity index (χ4n) is 2.35. The number of halogens is 1. The molecule has 3 heteroatoms. The Morgan fingerprint density at radius 3 is 3.06 bits per heavy atom. The fraction of sp³-hybridized carbons (Fsp3) is 0.538. The molecule has 1 saturated heterocycles. The van der Waals surface area contributed by atoms with Crippen LogP contribution in [-0.4, -0.2) is 18.0 Å². The number of rotatable bonds is 2. The maximum Gasteiger partial charge on any atom is 0.123 e. The lowest BCUT2D eigenvalue weighted by atomic mass is 10.00. The van der Waals surface area contributed by atoms with E-state index in [1.54, 1.807) is 12.1 Å². The highest BCUT2D eigenvalue weighted by atomic mass is 32.1. The Bertz CT molecular complexity index is 367. The van der Waals surface area contributed by atoms with Crippen LogP contribution in [0.3, 0.4) is 0 Å². The lowest BCUT2D eigenvalue weighted by molar-refractivity contribution is 0.175. The van der Waals surface area contributed by atoms with Crippen molar-refractivity contribution in [1.82, 2.24) is 4.90 Å². The summed E-state index contributed by atoms with van der Waals surface area (Å²) in [4.78, 5) is 3.28. The van der Waals surface area contributed by atoms with Crippen molar-refractivity contribution in [3.05, 3.63) is 29.6 Å². The van der Waals surface area contributed by atoms with Crippen molar-refractivity contribution in [2.24, 2.45) is 5.92 Å². The first-order valence-corrected chi connectivity index (χ1v) is 6.29. The van der Waals surface area contributed by atoms with Crippen LogP contribution in [-0.2, 0) is 6.54 Å². The summed E-state index contributed by atoms with van der Waals surface area (Å²) < 4.78 is 13.1. The summed E-state index contributed by atoms with van der Waals surface area (Å²) in [5.41, 5.74) is 0.998. The molecule has 1 atom stereocenters. The zero-order chi connectivity index (χ0) is 11.5. The van der Waals surface area contributed by atoms with Crippen LogP contribution in [0, 0.1) is 11.7 Å². The van der Waals surface area contributed by atoms with Gasteiger partial charge < -0.3 is 0 Å². The minimum atomic E-state index is -0.169. The van der Waals surface area contributed by atoms with E-state index in [4.69, 9.17) is 0 Å². The predicted octanol–water partition coefficient (Wildman–Crippen LogP) is 3.35. The van der Waals surface area contributed by atoms with E-state index in [1.165, 1.54) is 18.9 Å². The minimum absolute atomic E-state index is 0.169. The molecule has 1 fully saturated rings. The molecule has 1 aliphatic heterocycles. The molecule has 88 valence electrons. The van der Waals surface area contributed by atoms with Crippen molar-refractivity contribution in [1.29, 1.82) is 0 Å². The number of hydrogen-bond acceptors (Lipinski definition) is 2. The van der Waals surface area contributed by atoms with E-state index in [2.05, 4.69) is 24.5 Å². The van der Waals surface area contributed by atoms with Crippen LogP contribution in [0.25, 0.3) is 0 Å². The highest BCUT2D eigenvalue weighted by Crippen LogP contribution is 2.21. The van der Waals surface area contributed by atoms with Crippen LogP contribution in [0.5, 0.6) is 0 Å². The highest BCUT2D eigenvalue weighted by molar-refractivity contribution is 7.80. The number of nitrogens with zero attached hydrogens (tertiary/aromatic N) is 1. The van der Waals surface area contributed by atoms with Gasteiger partial charge in [0.1, 0.15) is 5.82 Å². The van der Waals surface area contributed by atoms with Crippen LogP contribution in [0.2, 0.25) is 0 Å².